The van der Waals surface area contributed by atoms with Gasteiger partial charge in [0.05, 0.1) is 17.7 Å². The number of aliphatic hydroxyl groups is 1. The number of halogens is 1. The summed E-state index contributed by atoms with van der Waals surface area (Å²) in [6, 6.07) is 11.1. The lowest BCUT2D eigenvalue weighted by atomic mass is 10.0. The highest BCUT2D eigenvalue weighted by Crippen LogP contribution is 2.28. The van der Waals surface area contributed by atoms with Crippen LogP contribution in [0.1, 0.15) is 22.1 Å². The third-order valence-electron chi connectivity index (χ3n) is 2.47. The Hall–Kier alpha value is -1.15. The van der Waals surface area contributed by atoms with Crippen molar-refractivity contribution in [3.05, 3.63) is 56.2 Å². The molecule has 17 heavy (non-hydrogen) atoms. The third-order valence-corrected chi connectivity index (χ3v) is 4.42. The lowest BCUT2D eigenvalue weighted by Crippen LogP contribution is -2.01. The van der Waals surface area contributed by atoms with Crippen LogP contribution in [0.15, 0.2) is 40.2 Å². The monoisotopic (exact) mass is 307 g/mol. The molecule has 0 aliphatic carbocycles. The number of thiophene rings is 1. The Labute approximate surface area is 112 Å². The van der Waals surface area contributed by atoms with Gasteiger partial charge in [0.15, 0.2) is 0 Å². The van der Waals surface area contributed by atoms with Gasteiger partial charge in [0.25, 0.3) is 0 Å². The van der Waals surface area contributed by atoms with E-state index in [4.69, 9.17) is 5.26 Å². The minimum absolute atomic E-state index is 0.563. The van der Waals surface area contributed by atoms with Gasteiger partial charge in [-0.1, -0.05) is 12.1 Å². The predicted octanol–water partition coefficient (Wildman–Crippen LogP) is 3.66. The van der Waals surface area contributed by atoms with E-state index < -0.39 is 6.10 Å². The van der Waals surface area contributed by atoms with Crippen molar-refractivity contribution in [2.45, 2.75) is 12.5 Å². The molecule has 2 nitrogen and oxygen atoms in total. The second kappa shape index (κ2) is 5.46. The molecule has 0 spiro atoms. The van der Waals surface area contributed by atoms with Crippen molar-refractivity contribution in [3.8, 4) is 6.07 Å². The zero-order valence-electron chi connectivity index (χ0n) is 8.93. The first-order valence-electron chi connectivity index (χ1n) is 5.10. The Morgan fingerprint density at radius 2 is 2.24 bits per heavy atom. The molecular formula is C13H10BrNOS. The third kappa shape index (κ3) is 2.95. The average molecular weight is 308 g/mol. The van der Waals surface area contributed by atoms with Gasteiger partial charge in [0.1, 0.15) is 0 Å². The summed E-state index contributed by atoms with van der Waals surface area (Å²) in [6.07, 6.45) is -0.00843. The first-order valence-corrected chi connectivity index (χ1v) is 6.78. The number of rotatable bonds is 3. The number of nitrogens with zero attached hydrogens (tertiary/aromatic N) is 1. The van der Waals surface area contributed by atoms with Gasteiger partial charge >= 0.3 is 0 Å². The molecule has 1 N–H and O–H groups in total. The molecule has 0 saturated heterocycles. The molecular weight excluding hydrogens is 298 g/mol. The maximum atomic E-state index is 10.1. The Morgan fingerprint density at radius 1 is 1.41 bits per heavy atom. The van der Waals surface area contributed by atoms with E-state index in [0.29, 0.717) is 12.0 Å². The van der Waals surface area contributed by atoms with Crippen molar-refractivity contribution >= 4 is 27.3 Å². The zero-order chi connectivity index (χ0) is 12.3. The molecule has 0 aliphatic rings. The normalized spacial score (nSPS) is 12.1. The number of benzene rings is 1. The van der Waals surface area contributed by atoms with Gasteiger partial charge in [-0.05, 0) is 45.1 Å². The summed E-state index contributed by atoms with van der Waals surface area (Å²) >= 11 is 5.05. The number of nitriles is 1. The van der Waals surface area contributed by atoms with Crippen LogP contribution in [0.5, 0.6) is 0 Å². The molecule has 1 heterocycles. The average Bonchev–Trinajstić information content (AvgIpc) is 2.75. The van der Waals surface area contributed by atoms with Crippen LogP contribution < -0.4 is 0 Å². The van der Waals surface area contributed by atoms with Crippen LogP contribution in [-0.2, 0) is 6.42 Å². The number of aliphatic hydroxyl groups excluding tert-OH is 1. The van der Waals surface area contributed by atoms with Gasteiger partial charge in [-0.3, -0.25) is 0 Å². The highest BCUT2D eigenvalue weighted by atomic mass is 79.9. The summed E-state index contributed by atoms with van der Waals surface area (Å²) in [4.78, 5) is 1.11. The van der Waals surface area contributed by atoms with Crippen LogP contribution in [-0.4, -0.2) is 5.11 Å². The van der Waals surface area contributed by atoms with Crippen molar-refractivity contribution < 1.29 is 5.11 Å². The van der Waals surface area contributed by atoms with E-state index in [-0.39, 0.29) is 0 Å². The van der Waals surface area contributed by atoms with Crippen molar-refractivity contribution in [3.63, 3.8) is 0 Å². The Kier molecular flexibility index (Phi) is 3.95. The maximum absolute atomic E-state index is 10.1. The quantitative estimate of drug-likeness (QED) is 0.940. The minimum atomic E-state index is -0.571. The highest BCUT2D eigenvalue weighted by molar-refractivity contribution is 9.10. The molecule has 1 atom stereocenters. The highest BCUT2D eigenvalue weighted by Gasteiger charge is 2.12. The summed E-state index contributed by atoms with van der Waals surface area (Å²) in [5, 5.41) is 20.9. The number of hydrogen-bond acceptors (Lipinski definition) is 3. The Bertz CT molecular complexity index is 559. The summed E-state index contributed by atoms with van der Waals surface area (Å²) in [7, 11) is 0. The first kappa shape index (κ1) is 12.3. The van der Waals surface area contributed by atoms with E-state index in [1.165, 1.54) is 0 Å². The van der Waals surface area contributed by atoms with E-state index >= 15 is 0 Å². The van der Waals surface area contributed by atoms with Crippen LogP contribution in [0.3, 0.4) is 0 Å². The largest absolute Gasteiger partial charge is 0.388 e. The van der Waals surface area contributed by atoms with E-state index in [9.17, 15) is 5.11 Å². The minimum Gasteiger partial charge on any atom is -0.388 e. The van der Waals surface area contributed by atoms with E-state index in [0.717, 1.165) is 14.9 Å². The second-order valence-electron chi connectivity index (χ2n) is 3.65. The molecule has 2 rings (SSSR count). The van der Waals surface area contributed by atoms with Gasteiger partial charge in [0.2, 0.25) is 0 Å². The smallest absolute Gasteiger partial charge is 0.0991 e. The molecule has 2 aromatic rings. The molecule has 0 fully saturated rings. The second-order valence-corrected chi connectivity index (χ2v) is 5.50. The van der Waals surface area contributed by atoms with Gasteiger partial charge in [-0.25, -0.2) is 0 Å². The Balaban J connectivity index is 2.17. The summed E-state index contributed by atoms with van der Waals surface area (Å²) in [5.41, 5.74) is 1.36. The van der Waals surface area contributed by atoms with Crippen molar-refractivity contribution in [1.29, 1.82) is 5.26 Å². The first-order chi connectivity index (χ1) is 8.20. The molecule has 0 amide bonds. The molecule has 1 aromatic carbocycles. The van der Waals surface area contributed by atoms with E-state index in [1.54, 1.807) is 29.5 Å². The topological polar surface area (TPSA) is 44.0 Å². The lowest BCUT2D eigenvalue weighted by molar-refractivity contribution is 0.179. The fourth-order valence-electron chi connectivity index (χ4n) is 1.58. The van der Waals surface area contributed by atoms with E-state index in [1.807, 2.05) is 17.5 Å². The molecule has 0 aliphatic heterocycles. The fourth-order valence-corrected chi connectivity index (χ4v) is 3.13. The van der Waals surface area contributed by atoms with E-state index in [2.05, 4.69) is 22.0 Å². The van der Waals surface area contributed by atoms with Gasteiger partial charge in [0, 0.05) is 15.8 Å². The molecule has 0 radical (unpaired) electrons. The van der Waals surface area contributed by atoms with Crippen molar-refractivity contribution in [2.75, 3.05) is 0 Å². The zero-order valence-corrected chi connectivity index (χ0v) is 11.3. The standard InChI is InChI=1S/C13H10BrNOS/c14-11-4-5-17-13(11)7-12(16)10-3-1-2-9(6-10)8-15/h1-6,12,16H,7H2. The van der Waals surface area contributed by atoms with Crippen LogP contribution in [0.25, 0.3) is 0 Å². The van der Waals surface area contributed by atoms with Gasteiger partial charge < -0.3 is 5.11 Å². The molecule has 4 heteroatoms. The van der Waals surface area contributed by atoms with Crippen LogP contribution >= 0.6 is 27.3 Å². The Morgan fingerprint density at radius 3 is 2.88 bits per heavy atom. The SMILES string of the molecule is N#Cc1cccc(C(O)Cc2sccc2Br)c1. The van der Waals surface area contributed by atoms with Gasteiger partial charge in [-0.2, -0.15) is 5.26 Å². The molecule has 0 saturated carbocycles. The molecule has 0 bridgehead atoms. The summed E-state index contributed by atoms with van der Waals surface area (Å²) < 4.78 is 1.03. The number of hydrogen-bond donors (Lipinski definition) is 1. The summed E-state index contributed by atoms with van der Waals surface area (Å²) in [5.74, 6) is 0. The fraction of sp³-hybridized carbons (Fsp3) is 0.154. The molecule has 1 aromatic heterocycles. The van der Waals surface area contributed by atoms with Gasteiger partial charge in [-0.15, -0.1) is 11.3 Å². The molecule has 1 unspecified atom stereocenters. The lowest BCUT2D eigenvalue weighted by Gasteiger charge is -2.10. The maximum Gasteiger partial charge on any atom is 0.0991 e. The van der Waals surface area contributed by atoms with Crippen LogP contribution in [0.2, 0.25) is 0 Å². The van der Waals surface area contributed by atoms with Crippen molar-refractivity contribution in [2.24, 2.45) is 0 Å². The summed E-state index contributed by atoms with van der Waals surface area (Å²) in [6.45, 7) is 0. The van der Waals surface area contributed by atoms with Crippen LogP contribution in [0.4, 0.5) is 0 Å². The predicted molar refractivity (Wildman–Crippen MR) is 71.8 cm³/mol. The van der Waals surface area contributed by atoms with Crippen molar-refractivity contribution in [1.82, 2.24) is 0 Å². The van der Waals surface area contributed by atoms with Crippen LogP contribution in [0, 0.1) is 11.3 Å². The molecule has 86 valence electrons.